The Kier molecular flexibility index (Phi) is 4.97. The SMILES string of the molecule is O=C(CCc1c(-c2ccc(F)cc2)[nH]c2ccc(F)cc12)NN1C(=O)c2ccccc2C1=O. The summed E-state index contributed by atoms with van der Waals surface area (Å²) in [4.78, 5) is 40.8. The smallest absolute Gasteiger partial charge is 0.280 e. The zero-order valence-electron chi connectivity index (χ0n) is 17.2. The van der Waals surface area contributed by atoms with Gasteiger partial charge in [-0.2, -0.15) is 5.01 Å². The van der Waals surface area contributed by atoms with Crippen molar-refractivity contribution in [1.29, 1.82) is 0 Å². The van der Waals surface area contributed by atoms with Crippen LogP contribution in [0.2, 0.25) is 0 Å². The standard InChI is InChI=1S/C25H17F2N3O3/c26-15-7-5-14(6-8-15)23-17(20-13-16(27)9-11-21(20)28-23)10-12-22(31)29-30-24(32)18-3-1-2-4-19(18)25(30)33/h1-9,11,13,28H,10,12H2,(H,29,31). The third-order valence-electron chi connectivity index (χ3n) is 5.63. The molecule has 164 valence electrons. The summed E-state index contributed by atoms with van der Waals surface area (Å²) >= 11 is 0. The molecule has 0 fully saturated rings. The van der Waals surface area contributed by atoms with Gasteiger partial charge >= 0.3 is 0 Å². The van der Waals surface area contributed by atoms with E-state index < -0.39 is 23.5 Å². The summed E-state index contributed by atoms with van der Waals surface area (Å²) in [6.45, 7) is 0. The third kappa shape index (κ3) is 3.65. The van der Waals surface area contributed by atoms with Gasteiger partial charge in [-0.15, -0.1) is 0 Å². The molecule has 1 aliphatic rings. The van der Waals surface area contributed by atoms with Crippen LogP contribution in [0.3, 0.4) is 0 Å². The minimum atomic E-state index is -0.592. The fourth-order valence-corrected chi connectivity index (χ4v) is 4.05. The molecule has 0 bridgehead atoms. The Bertz CT molecular complexity index is 1390. The molecule has 2 heterocycles. The molecule has 1 aliphatic heterocycles. The second kappa shape index (κ2) is 7.98. The van der Waals surface area contributed by atoms with Gasteiger partial charge in [-0.3, -0.25) is 19.8 Å². The fraction of sp³-hybridized carbons (Fsp3) is 0.0800. The van der Waals surface area contributed by atoms with Crippen LogP contribution in [0.5, 0.6) is 0 Å². The number of benzene rings is 3. The van der Waals surface area contributed by atoms with Gasteiger partial charge in [-0.05, 0) is 72.1 Å². The number of aromatic nitrogens is 1. The van der Waals surface area contributed by atoms with E-state index in [0.29, 0.717) is 32.7 Å². The highest BCUT2D eigenvalue weighted by Crippen LogP contribution is 2.32. The number of fused-ring (bicyclic) bond motifs is 2. The molecule has 8 heteroatoms. The first-order valence-corrected chi connectivity index (χ1v) is 10.3. The molecule has 6 nitrogen and oxygen atoms in total. The van der Waals surface area contributed by atoms with Crippen LogP contribution in [0.4, 0.5) is 8.78 Å². The number of carbonyl (C=O) groups is 3. The van der Waals surface area contributed by atoms with Gasteiger partial charge in [0.15, 0.2) is 0 Å². The molecule has 33 heavy (non-hydrogen) atoms. The van der Waals surface area contributed by atoms with Crippen LogP contribution in [0.15, 0.2) is 66.7 Å². The van der Waals surface area contributed by atoms with Crippen LogP contribution in [0, 0.1) is 11.6 Å². The Balaban J connectivity index is 1.39. The number of halogens is 2. The van der Waals surface area contributed by atoms with Crippen LogP contribution in [0.1, 0.15) is 32.7 Å². The minimum Gasteiger partial charge on any atom is -0.354 e. The summed E-state index contributed by atoms with van der Waals surface area (Å²) in [6, 6.07) is 16.5. The number of aromatic amines is 1. The third-order valence-corrected chi connectivity index (χ3v) is 5.63. The van der Waals surface area contributed by atoms with E-state index in [9.17, 15) is 23.2 Å². The van der Waals surface area contributed by atoms with Gasteiger partial charge in [-0.1, -0.05) is 12.1 Å². The second-order valence-electron chi connectivity index (χ2n) is 7.70. The molecule has 0 radical (unpaired) electrons. The first kappa shape index (κ1) is 20.6. The number of hydrazine groups is 1. The fourth-order valence-electron chi connectivity index (χ4n) is 4.05. The number of hydrogen-bond donors (Lipinski definition) is 2. The van der Waals surface area contributed by atoms with E-state index in [1.165, 1.54) is 36.4 Å². The molecular weight excluding hydrogens is 428 g/mol. The van der Waals surface area contributed by atoms with Crippen molar-refractivity contribution < 1.29 is 23.2 Å². The minimum absolute atomic E-state index is 0.0644. The first-order chi connectivity index (χ1) is 15.9. The number of carbonyl (C=O) groups excluding carboxylic acids is 3. The Morgan fingerprint density at radius 1 is 0.879 bits per heavy atom. The number of imide groups is 1. The van der Waals surface area contributed by atoms with Gasteiger partial charge in [0.05, 0.1) is 11.1 Å². The van der Waals surface area contributed by atoms with Crippen LogP contribution in [-0.2, 0) is 11.2 Å². The van der Waals surface area contributed by atoms with Gasteiger partial charge in [-0.25, -0.2) is 8.78 Å². The molecule has 0 saturated carbocycles. The van der Waals surface area contributed by atoms with Gasteiger partial charge < -0.3 is 4.98 Å². The summed E-state index contributed by atoms with van der Waals surface area (Å²) in [7, 11) is 0. The lowest BCUT2D eigenvalue weighted by molar-refractivity contribution is -0.124. The van der Waals surface area contributed by atoms with E-state index in [4.69, 9.17) is 0 Å². The van der Waals surface area contributed by atoms with Crippen molar-refractivity contribution in [3.8, 4) is 11.3 Å². The number of amides is 3. The van der Waals surface area contributed by atoms with Crippen LogP contribution < -0.4 is 5.43 Å². The highest BCUT2D eigenvalue weighted by atomic mass is 19.1. The zero-order valence-corrected chi connectivity index (χ0v) is 17.2. The zero-order chi connectivity index (χ0) is 23.1. The monoisotopic (exact) mass is 445 g/mol. The molecule has 0 unspecified atom stereocenters. The lowest BCUT2D eigenvalue weighted by atomic mass is 10.0. The van der Waals surface area contributed by atoms with E-state index in [1.807, 2.05) is 0 Å². The van der Waals surface area contributed by atoms with E-state index in [-0.39, 0.29) is 29.8 Å². The van der Waals surface area contributed by atoms with Crippen molar-refractivity contribution in [2.75, 3.05) is 0 Å². The van der Waals surface area contributed by atoms with Crippen molar-refractivity contribution in [3.05, 3.63) is 95.1 Å². The summed E-state index contributed by atoms with van der Waals surface area (Å²) in [5.74, 6) is -2.54. The predicted molar refractivity (Wildman–Crippen MR) is 117 cm³/mol. The summed E-state index contributed by atoms with van der Waals surface area (Å²) in [6.07, 6.45) is 0.135. The molecule has 0 atom stereocenters. The number of rotatable bonds is 5. The average molecular weight is 445 g/mol. The van der Waals surface area contributed by atoms with Crippen LogP contribution in [-0.4, -0.2) is 27.7 Å². The lowest BCUT2D eigenvalue weighted by Gasteiger charge is -2.15. The predicted octanol–water partition coefficient (Wildman–Crippen LogP) is 4.37. The van der Waals surface area contributed by atoms with Crippen molar-refractivity contribution in [2.45, 2.75) is 12.8 Å². The molecular formula is C25H17F2N3O3. The van der Waals surface area contributed by atoms with E-state index in [2.05, 4.69) is 10.4 Å². The lowest BCUT2D eigenvalue weighted by Crippen LogP contribution is -2.45. The van der Waals surface area contributed by atoms with Gasteiger partial charge in [0, 0.05) is 23.0 Å². The van der Waals surface area contributed by atoms with Crippen LogP contribution >= 0.6 is 0 Å². The maximum absolute atomic E-state index is 13.9. The van der Waals surface area contributed by atoms with E-state index in [0.717, 1.165) is 0 Å². The molecule has 3 aromatic carbocycles. The molecule has 1 aromatic heterocycles. The maximum atomic E-state index is 13.9. The molecule has 3 amide bonds. The molecule has 5 rings (SSSR count). The summed E-state index contributed by atoms with van der Waals surface area (Å²) in [5, 5.41) is 1.31. The Morgan fingerprint density at radius 3 is 2.18 bits per heavy atom. The highest BCUT2D eigenvalue weighted by Gasteiger charge is 2.36. The quantitative estimate of drug-likeness (QED) is 0.448. The number of H-pyrrole nitrogens is 1. The van der Waals surface area contributed by atoms with Crippen molar-refractivity contribution in [2.24, 2.45) is 0 Å². The Morgan fingerprint density at radius 2 is 1.52 bits per heavy atom. The summed E-state index contributed by atoms with van der Waals surface area (Å²) < 4.78 is 27.3. The Labute approximate surface area is 186 Å². The van der Waals surface area contributed by atoms with Crippen molar-refractivity contribution >= 4 is 28.6 Å². The normalized spacial score (nSPS) is 13.0. The topological polar surface area (TPSA) is 82.3 Å². The number of nitrogens with zero attached hydrogens (tertiary/aromatic N) is 1. The number of nitrogens with one attached hydrogen (secondary N) is 2. The first-order valence-electron chi connectivity index (χ1n) is 10.3. The van der Waals surface area contributed by atoms with E-state index >= 15 is 0 Å². The summed E-state index contributed by atoms with van der Waals surface area (Å²) in [5.41, 5.74) is 5.51. The molecule has 2 N–H and O–H groups in total. The van der Waals surface area contributed by atoms with Gasteiger partial charge in [0.1, 0.15) is 11.6 Å². The molecule has 4 aromatic rings. The highest BCUT2D eigenvalue weighted by molar-refractivity contribution is 6.21. The number of aryl methyl sites for hydroxylation is 1. The number of hydrogen-bond acceptors (Lipinski definition) is 3. The molecule has 0 aliphatic carbocycles. The van der Waals surface area contributed by atoms with Gasteiger partial charge in [0.25, 0.3) is 11.8 Å². The van der Waals surface area contributed by atoms with Crippen molar-refractivity contribution in [1.82, 2.24) is 15.4 Å². The van der Waals surface area contributed by atoms with Gasteiger partial charge in [0.2, 0.25) is 5.91 Å². The molecule has 0 spiro atoms. The largest absolute Gasteiger partial charge is 0.354 e. The maximum Gasteiger partial charge on any atom is 0.280 e. The van der Waals surface area contributed by atoms with Crippen molar-refractivity contribution in [3.63, 3.8) is 0 Å². The average Bonchev–Trinajstić information content (AvgIpc) is 3.29. The molecule has 0 saturated heterocycles. The Hall–Kier alpha value is -4.33. The second-order valence-corrected chi connectivity index (χ2v) is 7.70. The van der Waals surface area contributed by atoms with E-state index in [1.54, 1.807) is 30.3 Å². The van der Waals surface area contributed by atoms with Crippen LogP contribution in [0.25, 0.3) is 22.2 Å².